The molecular formula is C24H17ClN2O6. The van der Waals surface area contributed by atoms with E-state index in [4.69, 9.17) is 16.3 Å². The number of aliphatic imine (C=N–C) groups is 1. The lowest BCUT2D eigenvalue weighted by Gasteiger charge is -2.17. The highest BCUT2D eigenvalue weighted by atomic mass is 35.5. The maximum Gasteiger partial charge on any atom is 0.331 e. The number of esters is 1. The van der Waals surface area contributed by atoms with Gasteiger partial charge in [0, 0.05) is 16.1 Å². The average molecular weight is 465 g/mol. The van der Waals surface area contributed by atoms with Crippen LogP contribution in [0.4, 0.5) is 5.69 Å². The highest BCUT2D eigenvalue weighted by Gasteiger charge is 2.61. The number of carbonyl (C=O) groups excluding carboxylic acids is 4. The lowest BCUT2D eigenvalue weighted by molar-refractivity contribution is -0.147. The normalized spacial score (nSPS) is 23.7. The molecule has 2 aromatic carbocycles. The zero-order valence-corrected chi connectivity index (χ0v) is 18.1. The van der Waals surface area contributed by atoms with E-state index in [1.807, 2.05) is 0 Å². The second-order valence-corrected chi connectivity index (χ2v) is 8.24. The number of halogens is 1. The van der Waals surface area contributed by atoms with E-state index in [2.05, 4.69) is 4.99 Å². The Labute approximate surface area is 193 Å². The largest absolute Gasteiger partial charge is 0.506 e. The second-order valence-electron chi connectivity index (χ2n) is 7.80. The van der Waals surface area contributed by atoms with Gasteiger partial charge in [-0.15, -0.1) is 0 Å². The minimum absolute atomic E-state index is 0.0545. The standard InChI is InChI=1S/C24H17ClN2O6/c1-2-33-24(32)19-16-15(22(30)27(23(16)31)12-9-7-11(25)8-10-12)18(26-19)17-20(28)13-5-3-4-6-14(13)21(17)29/h3-10,15-16,19,28H,2H2,1H3/t15-,16+,19-/m1/s1. The number of ketones is 1. The van der Waals surface area contributed by atoms with Gasteiger partial charge in [0.05, 0.1) is 35.4 Å². The second kappa shape index (κ2) is 7.67. The van der Waals surface area contributed by atoms with Crippen molar-refractivity contribution in [3.05, 3.63) is 70.3 Å². The summed E-state index contributed by atoms with van der Waals surface area (Å²) >= 11 is 5.93. The lowest BCUT2D eigenvalue weighted by Crippen LogP contribution is -2.36. The van der Waals surface area contributed by atoms with Crippen molar-refractivity contribution in [1.82, 2.24) is 0 Å². The summed E-state index contributed by atoms with van der Waals surface area (Å²) in [5, 5.41) is 11.2. The smallest absolute Gasteiger partial charge is 0.331 e. The third-order valence-corrected chi connectivity index (χ3v) is 6.28. The Kier molecular flexibility index (Phi) is 4.90. The molecule has 2 aliphatic heterocycles. The van der Waals surface area contributed by atoms with E-state index in [1.54, 1.807) is 31.2 Å². The van der Waals surface area contributed by atoms with Gasteiger partial charge >= 0.3 is 5.97 Å². The lowest BCUT2D eigenvalue weighted by atomic mass is 9.85. The van der Waals surface area contributed by atoms with Crippen LogP contribution in [0, 0.1) is 11.8 Å². The summed E-state index contributed by atoms with van der Waals surface area (Å²) in [6, 6.07) is 11.2. The number of ether oxygens (including phenoxy) is 1. The number of Topliss-reactive ketones (excluding diaryl/α,β-unsaturated/α-hetero) is 1. The Hall–Kier alpha value is -3.78. The first-order valence-electron chi connectivity index (χ1n) is 10.3. The number of benzene rings is 2. The number of aliphatic hydroxyl groups excluding tert-OH is 1. The zero-order chi connectivity index (χ0) is 23.4. The minimum atomic E-state index is -1.31. The fraction of sp³-hybridized carbons (Fsp3) is 0.208. The summed E-state index contributed by atoms with van der Waals surface area (Å²) in [5.74, 6) is -5.28. The predicted octanol–water partition coefficient (Wildman–Crippen LogP) is 3.00. The van der Waals surface area contributed by atoms with Crippen molar-refractivity contribution in [3.8, 4) is 0 Å². The van der Waals surface area contributed by atoms with Crippen LogP contribution in [0.25, 0.3) is 5.76 Å². The number of aliphatic hydroxyl groups is 1. The van der Waals surface area contributed by atoms with Crippen molar-refractivity contribution in [1.29, 1.82) is 0 Å². The number of rotatable bonds is 4. The number of hydrogen-bond acceptors (Lipinski definition) is 7. The molecular weight excluding hydrogens is 448 g/mol. The average Bonchev–Trinajstić information content (AvgIpc) is 3.39. The molecule has 3 aliphatic rings. The molecule has 3 atom stereocenters. The molecule has 2 aromatic rings. The van der Waals surface area contributed by atoms with Crippen molar-refractivity contribution >= 4 is 52.3 Å². The number of carbonyl (C=O) groups is 4. The van der Waals surface area contributed by atoms with Crippen LogP contribution in [0.2, 0.25) is 5.02 Å². The van der Waals surface area contributed by atoms with E-state index >= 15 is 0 Å². The van der Waals surface area contributed by atoms with E-state index in [0.717, 1.165) is 4.90 Å². The van der Waals surface area contributed by atoms with E-state index in [1.165, 1.54) is 24.3 Å². The molecule has 0 unspecified atom stereocenters. The van der Waals surface area contributed by atoms with Gasteiger partial charge in [0.2, 0.25) is 11.8 Å². The van der Waals surface area contributed by atoms with Gasteiger partial charge in [-0.1, -0.05) is 35.9 Å². The topological polar surface area (TPSA) is 113 Å². The Bertz CT molecular complexity index is 1300. The molecule has 0 bridgehead atoms. The highest BCUT2D eigenvalue weighted by Crippen LogP contribution is 2.44. The Morgan fingerprint density at radius 2 is 1.73 bits per heavy atom. The van der Waals surface area contributed by atoms with Gasteiger partial charge in [-0.05, 0) is 31.2 Å². The van der Waals surface area contributed by atoms with E-state index in [0.29, 0.717) is 10.6 Å². The fourth-order valence-electron chi connectivity index (χ4n) is 4.60. The SMILES string of the molecule is CCOC(=O)[C@@H]1N=C(C2=C(O)c3ccccc3C2=O)[C@@H]2C(=O)N(c3ccc(Cl)cc3)C(=O)[C@@H]21. The number of imide groups is 1. The summed E-state index contributed by atoms with van der Waals surface area (Å²) in [7, 11) is 0. The van der Waals surface area contributed by atoms with Crippen LogP contribution in [-0.2, 0) is 19.1 Å². The molecule has 0 radical (unpaired) electrons. The summed E-state index contributed by atoms with van der Waals surface area (Å²) in [5.41, 5.74) is 0.603. The van der Waals surface area contributed by atoms with E-state index < -0.39 is 41.4 Å². The van der Waals surface area contributed by atoms with Gasteiger partial charge in [-0.25, -0.2) is 9.69 Å². The first-order chi connectivity index (χ1) is 15.8. The first-order valence-corrected chi connectivity index (χ1v) is 10.7. The number of amides is 2. The van der Waals surface area contributed by atoms with Crippen LogP contribution in [0.5, 0.6) is 0 Å². The van der Waals surface area contributed by atoms with Crippen LogP contribution in [0.3, 0.4) is 0 Å². The number of fused-ring (bicyclic) bond motifs is 2. The molecule has 5 rings (SSSR count). The number of nitrogens with zero attached hydrogens (tertiary/aromatic N) is 2. The molecule has 1 fully saturated rings. The molecule has 166 valence electrons. The van der Waals surface area contributed by atoms with Gasteiger partial charge < -0.3 is 9.84 Å². The molecule has 2 amide bonds. The Morgan fingerprint density at radius 1 is 1.06 bits per heavy atom. The van der Waals surface area contributed by atoms with Crippen molar-refractivity contribution in [2.75, 3.05) is 11.5 Å². The van der Waals surface area contributed by atoms with Crippen molar-refractivity contribution in [3.63, 3.8) is 0 Å². The first kappa shape index (κ1) is 21.1. The molecule has 0 saturated carbocycles. The van der Waals surface area contributed by atoms with Gasteiger partial charge in [-0.3, -0.25) is 19.4 Å². The zero-order valence-electron chi connectivity index (χ0n) is 17.3. The Morgan fingerprint density at radius 3 is 2.36 bits per heavy atom. The van der Waals surface area contributed by atoms with Crippen LogP contribution < -0.4 is 4.90 Å². The number of anilines is 1. The van der Waals surface area contributed by atoms with Gasteiger partial charge in [0.15, 0.2) is 11.8 Å². The monoisotopic (exact) mass is 464 g/mol. The maximum atomic E-state index is 13.5. The van der Waals surface area contributed by atoms with E-state index in [9.17, 15) is 24.3 Å². The summed E-state index contributed by atoms with van der Waals surface area (Å²) < 4.78 is 5.09. The van der Waals surface area contributed by atoms with Crippen LogP contribution >= 0.6 is 11.6 Å². The van der Waals surface area contributed by atoms with Crippen LogP contribution in [-0.4, -0.2) is 47.0 Å². The summed E-state index contributed by atoms with van der Waals surface area (Å²) in [6.45, 7) is 1.67. The highest BCUT2D eigenvalue weighted by molar-refractivity contribution is 6.43. The minimum Gasteiger partial charge on any atom is -0.506 e. The molecule has 9 heteroatoms. The molecule has 1 N–H and O–H groups in total. The Balaban J connectivity index is 1.63. The summed E-state index contributed by atoms with van der Waals surface area (Å²) in [4.78, 5) is 57.9. The quantitative estimate of drug-likeness (QED) is 0.549. The van der Waals surface area contributed by atoms with Crippen molar-refractivity contribution < 1.29 is 29.0 Å². The molecule has 8 nitrogen and oxygen atoms in total. The van der Waals surface area contributed by atoms with Gasteiger partial charge in [-0.2, -0.15) is 0 Å². The maximum absolute atomic E-state index is 13.5. The van der Waals surface area contributed by atoms with Gasteiger partial charge in [0.1, 0.15) is 5.76 Å². The molecule has 33 heavy (non-hydrogen) atoms. The molecule has 2 heterocycles. The molecule has 1 saturated heterocycles. The van der Waals surface area contributed by atoms with E-state index in [-0.39, 0.29) is 34.9 Å². The number of allylic oxidation sites excluding steroid dienone is 1. The molecule has 1 aliphatic carbocycles. The fourth-order valence-corrected chi connectivity index (χ4v) is 4.73. The van der Waals surface area contributed by atoms with Crippen LogP contribution in [0.1, 0.15) is 22.8 Å². The van der Waals surface area contributed by atoms with Gasteiger partial charge in [0.25, 0.3) is 0 Å². The number of hydrogen-bond donors (Lipinski definition) is 1. The van der Waals surface area contributed by atoms with Crippen molar-refractivity contribution in [2.24, 2.45) is 16.8 Å². The third-order valence-electron chi connectivity index (χ3n) is 6.02. The van der Waals surface area contributed by atoms with Crippen molar-refractivity contribution in [2.45, 2.75) is 13.0 Å². The molecule has 0 aromatic heterocycles. The van der Waals surface area contributed by atoms with Crippen LogP contribution in [0.15, 0.2) is 59.1 Å². The summed E-state index contributed by atoms with van der Waals surface area (Å²) in [6.07, 6.45) is 0. The molecule has 0 spiro atoms. The predicted molar refractivity (Wildman–Crippen MR) is 119 cm³/mol. The third kappa shape index (κ3) is 3.01.